The second kappa shape index (κ2) is 7.15. The van der Waals surface area contributed by atoms with Crippen molar-refractivity contribution in [3.8, 4) is 5.75 Å². The van der Waals surface area contributed by atoms with Crippen LogP contribution in [0.25, 0.3) is 0 Å². The molecule has 120 valence electrons. The molecule has 1 aliphatic rings. The number of aliphatic hydroxyl groups is 1. The Morgan fingerprint density at radius 2 is 1.87 bits per heavy atom. The van der Waals surface area contributed by atoms with Crippen molar-refractivity contribution in [3.63, 3.8) is 0 Å². The average Bonchev–Trinajstić information content (AvgIpc) is 2.73. The normalized spacial score (nSPS) is 15.3. The maximum Gasteiger partial charge on any atom is 0.226 e. The van der Waals surface area contributed by atoms with Crippen molar-refractivity contribution in [3.05, 3.63) is 54.6 Å². The molecule has 0 bridgehead atoms. The highest BCUT2D eigenvalue weighted by Gasteiger charge is 2.21. The van der Waals surface area contributed by atoms with Gasteiger partial charge in [0.05, 0.1) is 11.4 Å². The second-order valence-corrected chi connectivity index (χ2v) is 5.54. The van der Waals surface area contributed by atoms with E-state index in [-0.39, 0.29) is 12.5 Å². The van der Waals surface area contributed by atoms with Crippen molar-refractivity contribution in [1.29, 1.82) is 0 Å². The molecule has 1 aliphatic heterocycles. The van der Waals surface area contributed by atoms with Gasteiger partial charge < -0.3 is 20.1 Å². The van der Waals surface area contributed by atoms with E-state index in [0.717, 1.165) is 17.1 Å². The lowest BCUT2D eigenvalue weighted by Gasteiger charge is -2.26. The Bertz CT molecular complexity index is 660. The topological polar surface area (TPSA) is 61.8 Å². The summed E-state index contributed by atoms with van der Waals surface area (Å²) in [7, 11) is 0. The van der Waals surface area contributed by atoms with E-state index in [2.05, 4.69) is 5.32 Å². The number of carbonyl (C=O) groups is 1. The maximum atomic E-state index is 11.8. The number of fused-ring (bicyclic) bond motifs is 1. The summed E-state index contributed by atoms with van der Waals surface area (Å²) in [6.07, 6.45) is -0.238. The molecule has 0 saturated carbocycles. The van der Waals surface area contributed by atoms with Crippen LogP contribution >= 0.6 is 0 Å². The van der Waals surface area contributed by atoms with E-state index in [1.165, 1.54) is 0 Å². The zero-order chi connectivity index (χ0) is 16.1. The van der Waals surface area contributed by atoms with E-state index in [1.54, 1.807) is 0 Å². The second-order valence-electron chi connectivity index (χ2n) is 5.54. The Morgan fingerprint density at radius 3 is 2.70 bits per heavy atom. The van der Waals surface area contributed by atoms with Crippen LogP contribution < -0.4 is 15.0 Å². The van der Waals surface area contributed by atoms with Gasteiger partial charge in [0.1, 0.15) is 18.5 Å². The summed E-state index contributed by atoms with van der Waals surface area (Å²) in [5, 5.41) is 13.2. The highest BCUT2D eigenvalue weighted by atomic mass is 16.5. The zero-order valence-corrected chi connectivity index (χ0v) is 12.8. The molecule has 1 unspecified atom stereocenters. The van der Waals surface area contributed by atoms with Gasteiger partial charge >= 0.3 is 0 Å². The fourth-order valence-corrected chi connectivity index (χ4v) is 2.63. The van der Waals surface area contributed by atoms with Crippen LogP contribution in [-0.2, 0) is 4.79 Å². The average molecular weight is 312 g/mol. The lowest BCUT2D eigenvalue weighted by molar-refractivity contribution is -0.116. The first-order chi connectivity index (χ1) is 11.2. The van der Waals surface area contributed by atoms with Crippen molar-refractivity contribution < 1.29 is 14.6 Å². The number of benzene rings is 2. The predicted octanol–water partition coefficient (Wildman–Crippen LogP) is 2.28. The van der Waals surface area contributed by atoms with Gasteiger partial charge in [-0.1, -0.05) is 30.3 Å². The van der Waals surface area contributed by atoms with E-state index >= 15 is 0 Å². The number of nitrogens with one attached hydrogen (secondary N) is 1. The zero-order valence-electron chi connectivity index (χ0n) is 12.8. The summed E-state index contributed by atoms with van der Waals surface area (Å²) in [6, 6.07) is 17.1. The number of rotatable bonds is 5. The molecule has 0 spiro atoms. The van der Waals surface area contributed by atoms with Crippen LogP contribution in [-0.4, -0.2) is 36.8 Å². The smallest absolute Gasteiger partial charge is 0.226 e. The Hall–Kier alpha value is -2.53. The SMILES string of the molecule is O=C1CCN(CC(O)COc2ccccc2)c2ccccc2N1. The summed E-state index contributed by atoms with van der Waals surface area (Å²) in [5.74, 6) is 0.731. The number of nitrogens with zero attached hydrogens (tertiary/aromatic N) is 1. The molecule has 2 N–H and O–H groups in total. The first kappa shape index (κ1) is 15.4. The molecule has 5 heteroatoms. The van der Waals surface area contributed by atoms with Gasteiger partial charge in [0, 0.05) is 19.5 Å². The van der Waals surface area contributed by atoms with E-state index in [4.69, 9.17) is 4.74 Å². The molecule has 1 heterocycles. The van der Waals surface area contributed by atoms with Crippen LogP contribution in [0.4, 0.5) is 11.4 Å². The largest absolute Gasteiger partial charge is 0.491 e. The summed E-state index contributed by atoms with van der Waals surface area (Å²) >= 11 is 0. The number of hydrogen-bond acceptors (Lipinski definition) is 4. The molecular formula is C18H20N2O3. The third-order valence-electron chi connectivity index (χ3n) is 3.74. The summed E-state index contributed by atoms with van der Waals surface area (Å²) in [6.45, 7) is 1.20. The highest BCUT2D eigenvalue weighted by molar-refractivity contribution is 5.96. The van der Waals surface area contributed by atoms with Crippen molar-refractivity contribution >= 4 is 17.3 Å². The molecule has 0 fully saturated rings. The molecule has 3 rings (SSSR count). The van der Waals surface area contributed by atoms with Crippen LogP contribution in [0, 0.1) is 0 Å². The van der Waals surface area contributed by atoms with E-state index in [1.807, 2.05) is 59.5 Å². The van der Waals surface area contributed by atoms with Crippen LogP contribution in [0.5, 0.6) is 5.75 Å². The molecule has 2 aromatic carbocycles. The molecule has 2 aromatic rings. The number of amides is 1. The van der Waals surface area contributed by atoms with Crippen molar-refractivity contribution in [1.82, 2.24) is 0 Å². The summed E-state index contributed by atoms with van der Waals surface area (Å²) in [5.41, 5.74) is 1.71. The molecule has 0 saturated heterocycles. The van der Waals surface area contributed by atoms with Gasteiger partial charge in [-0.05, 0) is 24.3 Å². The fraction of sp³-hybridized carbons (Fsp3) is 0.278. The predicted molar refractivity (Wildman–Crippen MR) is 89.8 cm³/mol. The third-order valence-corrected chi connectivity index (χ3v) is 3.74. The molecular weight excluding hydrogens is 292 g/mol. The number of para-hydroxylation sites is 3. The molecule has 0 aliphatic carbocycles. The Morgan fingerprint density at radius 1 is 1.13 bits per heavy atom. The number of hydrogen-bond donors (Lipinski definition) is 2. The number of carbonyl (C=O) groups excluding carboxylic acids is 1. The lowest BCUT2D eigenvalue weighted by atomic mass is 10.2. The van der Waals surface area contributed by atoms with Crippen molar-refractivity contribution in [2.24, 2.45) is 0 Å². The van der Waals surface area contributed by atoms with Gasteiger partial charge in [0.25, 0.3) is 0 Å². The number of anilines is 2. The van der Waals surface area contributed by atoms with Gasteiger partial charge in [-0.25, -0.2) is 0 Å². The van der Waals surface area contributed by atoms with Crippen molar-refractivity contribution in [2.75, 3.05) is 29.9 Å². The minimum atomic E-state index is -0.642. The van der Waals surface area contributed by atoms with Gasteiger partial charge in [-0.3, -0.25) is 4.79 Å². The first-order valence-corrected chi connectivity index (χ1v) is 7.72. The molecule has 23 heavy (non-hydrogen) atoms. The van der Waals surface area contributed by atoms with Crippen LogP contribution in [0.2, 0.25) is 0 Å². The van der Waals surface area contributed by atoms with Crippen LogP contribution in [0.15, 0.2) is 54.6 Å². The molecule has 0 radical (unpaired) electrons. The number of ether oxygens (including phenoxy) is 1. The van der Waals surface area contributed by atoms with E-state index < -0.39 is 6.10 Å². The summed E-state index contributed by atoms with van der Waals surface area (Å²) in [4.78, 5) is 13.8. The van der Waals surface area contributed by atoms with Gasteiger partial charge in [0.2, 0.25) is 5.91 Å². The fourth-order valence-electron chi connectivity index (χ4n) is 2.63. The van der Waals surface area contributed by atoms with Crippen LogP contribution in [0.3, 0.4) is 0 Å². The Balaban J connectivity index is 1.63. The molecule has 1 amide bonds. The monoisotopic (exact) mass is 312 g/mol. The van der Waals surface area contributed by atoms with Gasteiger partial charge in [0.15, 0.2) is 0 Å². The number of aliphatic hydroxyl groups excluding tert-OH is 1. The van der Waals surface area contributed by atoms with E-state index in [0.29, 0.717) is 19.5 Å². The maximum absolute atomic E-state index is 11.8. The van der Waals surface area contributed by atoms with Crippen molar-refractivity contribution in [2.45, 2.75) is 12.5 Å². The highest BCUT2D eigenvalue weighted by Crippen LogP contribution is 2.28. The standard InChI is InChI=1S/C18H20N2O3/c21-14(13-23-15-6-2-1-3-7-15)12-20-11-10-18(22)19-16-8-4-5-9-17(16)20/h1-9,14,21H,10-13H2,(H,19,22). The quantitative estimate of drug-likeness (QED) is 0.889. The minimum absolute atomic E-state index is 0.00465. The lowest BCUT2D eigenvalue weighted by Crippen LogP contribution is -2.36. The summed E-state index contributed by atoms with van der Waals surface area (Å²) < 4.78 is 5.59. The van der Waals surface area contributed by atoms with Crippen LogP contribution in [0.1, 0.15) is 6.42 Å². The van der Waals surface area contributed by atoms with E-state index in [9.17, 15) is 9.90 Å². The van der Waals surface area contributed by atoms with Gasteiger partial charge in [-0.15, -0.1) is 0 Å². The molecule has 1 atom stereocenters. The first-order valence-electron chi connectivity index (χ1n) is 7.72. The Labute approximate surface area is 135 Å². The molecule has 0 aromatic heterocycles. The van der Waals surface area contributed by atoms with Gasteiger partial charge in [-0.2, -0.15) is 0 Å². The Kier molecular flexibility index (Phi) is 4.78. The third kappa shape index (κ3) is 4.02. The number of β-amino-alcohol motifs (C(OH)–C–C–N with tert-alkyl or cyclic N) is 1. The minimum Gasteiger partial charge on any atom is -0.491 e. The molecule has 5 nitrogen and oxygen atoms in total.